The van der Waals surface area contributed by atoms with Crippen LogP contribution in [0.1, 0.15) is 34.2 Å². The minimum absolute atomic E-state index is 0.680. The van der Waals surface area contributed by atoms with Gasteiger partial charge in [-0.15, -0.1) is 0 Å². The zero-order valence-corrected chi connectivity index (χ0v) is 8.78. The van der Waals surface area contributed by atoms with Crippen molar-refractivity contribution in [3.63, 3.8) is 0 Å². The summed E-state index contributed by atoms with van der Waals surface area (Å²) in [5.41, 5.74) is 1.58. The van der Waals surface area contributed by atoms with E-state index in [1.165, 1.54) is 0 Å². The van der Waals surface area contributed by atoms with E-state index in [-0.39, 0.29) is 0 Å². The quantitative estimate of drug-likeness (QED) is 0.612. The maximum absolute atomic E-state index is 2.36. The Bertz CT molecular complexity index is 221. The molecule has 0 radical (unpaired) electrons. The fourth-order valence-electron chi connectivity index (χ4n) is 1.22. The van der Waals surface area contributed by atoms with Crippen LogP contribution in [0.25, 0.3) is 0 Å². The predicted octanol–water partition coefficient (Wildman–Crippen LogP) is 2.48. The van der Waals surface area contributed by atoms with Gasteiger partial charge in [0.2, 0.25) is 0 Å². The Morgan fingerprint density at radius 1 is 1.30 bits per heavy atom. The molecule has 0 atom stereocenters. The van der Waals surface area contributed by atoms with Crippen LogP contribution in [0.4, 0.5) is 0 Å². The van der Waals surface area contributed by atoms with Gasteiger partial charge in [0.1, 0.15) is 0 Å². The van der Waals surface area contributed by atoms with Crippen molar-refractivity contribution in [3.8, 4) is 0 Å². The van der Waals surface area contributed by atoms with Crippen molar-refractivity contribution in [2.45, 2.75) is 33.6 Å². The third-order valence-electron chi connectivity index (χ3n) is 1.70. The zero-order valence-electron chi connectivity index (χ0n) is 7.06. The molecule has 0 nitrogen and oxygen atoms in total. The molecule has 56 valence electrons. The van der Waals surface area contributed by atoms with Crippen LogP contribution in [0.3, 0.4) is 0 Å². The first-order chi connectivity index (χ1) is 4.61. The molecular weight excluding hydrogens is 187 g/mol. The average Bonchev–Trinajstić information content (AvgIpc) is 2.10. The summed E-state index contributed by atoms with van der Waals surface area (Å²) in [4.78, 5) is 0. The molecule has 0 aromatic carbocycles. The molecule has 0 saturated heterocycles. The predicted molar refractivity (Wildman–Crippen MR) is 46.9 cm³/mol. The summed E-state index contributed by atoms with van der Waals surface area (Å²) < 4.78 is 3.20. The number of hydrogen-bond acceptors (Lipinski definition) is 0. The molecule has 1 aromatic rings. The Labute approximate surface area is 69.0 Å². The molecule has 0 aliphatic rings. The summed E-state index contributed by atoms with van der Waals surface area (Å²) in [6.07, 6.45) is 0. The number of hydrogen-bond donors (Lipinski definition) is 0. The number of rotatable bonds is 1. The monoisotopic (exact) mass is 202 g/mol. The Kier molecular flexibility index (Phi) is 2.38. The van der Waals surface area contributed by atoms with Crippen LogP contribution >= 0.6 is 0 Å². The zero-order chi connectivity index (χ0) is 7.72. The van der Waals surface area contributed by atoms with Gasteiger partial charge in [-0.05, 0) is 0 Å². The maximum atomic E-state index is 2.36. The van der Waals surface area contributed by atoms with Crippen LogP contribution in [-0.2, 0) is 0 Å². The molecule has 1 rings (SSSR count). The van der Waals surface area contributed by atoms with Crippen molar-refractivity contribution in [2.75, 3.05) is 0 Å². The second kappa shape index (κ2) is 2.94. The van der Waals surface area contributed by atoms with Crippen LogP contribution < -0.4 is 0 Å². The third kappa shape index (κ3) is 1.53. The molecule has 0 spiro atoms. The molecule has 1 heterocycles. The molecule has 1 aromatic heterocycles. The van der Waals surface area contributed by atoms with Gasteiger partial charge in [-0.25, -0.2) is 0 Å². The molecule has 1 heteroatoms. The van der Waals surface area contributed by atoms with E-state index in [4.69, 9.17) is 0 Å². The topological polar surface area (TPSA) is 0 Å². The van der Waals surface area contributed by atoms with E-state index in [9.17, 15) is 0 Å². The van der Waals surface area contributed by atoms with Crippen molar-refractivity contribution >= 4 is 14.5 Å². The van der Waals surface area contributed by atoms with E-state index in [1.54, 1.807) is 14.4 Å². The van der Waals surface area contributed by atoms with E-state index in [0.29, 0.717) is 14.5 Å². The average molecular weight is 201 g/mol. The van der Waals surface area contributed by atoms with Crippen LogP contribution in [0.5, 0.6) is 0 Å². The SMILES string of the molecule is Cc1cc(C(C)C)c(C)[se]1. The number of aryl methyl sites for hydroxylation is 2. The summed E-state index contributed by atoms with van der Waals surface area (Å²) in [5.74, 6) is 0.722. The second-order valence-electron chi connectivity index (χ2n) is 3.02. The van der Waals surface area contributed by atoms with Crippen molar-refractivity contribution in [2.24, 2.45) is 0 Å². The Morgan fingerprint density at radius 2 is 1.90 bits per heavy atom. The Morgan fingerprint density at radius 3 is 2.10 bits per heavy atom. The molecule has 0 amide bonds. The molecule has 10 heavy (non-hydrogen) atoms. The summed E-state index contributed by atoms with van der Waals surface area (Å²) >= 11 is 0.680. The van der Waals surface area contributed by atoms with Crippen LogP contribution in [0.15, 0.2) is 6.07 Å². The summed E-state index contributed by atoms with van der Waals surface area (Å²) in [5, 5.41) is 0. The third-order valence-corrected chi connectivity index (χ3v) is 3.76. The standard InChI is InChI=1S/C9H14Se/c1-6(2)9-5-7(3)10-8(9)4/h5-6H,1-4H3. The van der Waals surface area contributed by atoms with Crippen LogP contribution in [0.2, 0.25) is 0 Å². The van der Waals surface area contributed by atoms with Gasteiger partial charge in [0.15, 0.2) is 0 Å². The van der Waals surface area contributed by atoms with Gasteiger partial charge < -0.3 is 0 Å². The molecule has 0 unspecified atom stereocenters. The van der Waals surface area contributed by atoms with Crippen molar-refractivity contribution in [1.82, 2.24) is 0 Å². The molecule has 0 fully saturated rings. The van der Waals surface area contributed by atoms with Gasteiger partial charge in [0.05, 0.1) is 0 Å². The van der Waals surface area contributed by atoms with Gasteiger partial charge in [-0.3, -0.25) is 0 Å². The molecule has 0 saturated carbocycles. The van der Waals surface area contributed by atoms with Crippen LogP contribution in [0, 0.1) is 13.8 Å². The molecule has 0 aliphatic heterocycles. The molecule has 0 aliphatic carbocycles. The summed E-state index contributed by atoms with van der Waals surface area (Å²) in [7, 11) is 0. The fourth-order valence-corrected chi connectivity index (χ4v) is 3.49. The van der Waals surface area contributed by atoms with Crippen molar-refractivity contribution < 1.29 is 0 Å². The Hall–Kier alpha value is -0.000519. The van der Waals surface area contributed by atoms with E-state index in [0.717, 1.165) is 5.92 Å². The second-order valence-corrected chi connectivity index (χ2v) is 6.09. The molecule has 0 N–H and O–H groups in total. The Balaban J connectivity index is 3.03. The van der Waals surface area contributed by atoms with E-state index in [2.05, 4.69) is 33.8 Å². The first-order valence-corrected chi connectivity index (χ1v) is 5.39. The normalized spacial score (nSPS) is 10.9. The van der Waals surface area contributed by atoms with Gasteiger partial charge in [0.25, 0.3) is 0 Å². The van der Waals surface area contributed by atoms with Gasteiger partial charge in [0, 0.05) is 0 Å². The summed E-state index contributed by atoms with van der Waals surface area (Å²) in [6, 6.07) is 2.36. The minimum atomic E-state index is 0.680. The first kappa shape index (κ1) is 8.10. The molecular formula is C9H14Se. The van der Waals surface area contributed by atoms with E-state index < -0.39 is 0 Å². The van der Waals surface area contributed by atoms with Gasteiger partial charge in [-0.1, -0.05) is 0 Å². The van der Waals surface area contributed by atoms with Crippen molar-refractivity contribution in [3.05, 3.63) is 20.5 Å². The summed E-state index contributed by atoms with van der Waals surface area (Å²) in [6.45, 7) is 9.04. The fraction of sp³-hybridized carbons (Fsp3) is 0.556. The van der Waals surface area contributed by atoms with Gasteiger partial charge in [-0.2, -0.15) is 0 Å². The first-order valence-electron chi connectivity index (χ1n) is 3.68. The van der Waals surface area contributed by atoms with E-state index in [1.807, 2.05) is 0 Å². The van der Waals surface area contributed by atoms with E-state index >= 15 is 0 Å². The van der Waals surface area contributed by atoms with Crippen molar-refractivity contribution in [1.29, 1.82) is 0 Å². The van der Waals surface area contributed by atoms with Gasteiger partial charge >= 0.3 is 68.6 Å². The molecule has 0 bridgehead atoms. The van der Waals surface area contributed by atoms with Crippen LogP contribution in [-0.4, -0.2) is 14.5 Å².